The molecule has 0 saturated carbocycles. The molecule has 0 bridgehead atoms. The van der Waals surface area contributed by atoms with E-state index in [1.807, 2.05) is 42.5 Å². The fourth-order valence-electron chi connectivity index (χ4n) is 2.88. The number of halogens is 1. The fourth-order valence-corrected chi connectivity index (χ4v) is 3.26. The number of nitrogens with one attached hydrogen (secondary N) is 1. The molecule has 1 amide bonds. The Kier molecular flexibility index (Phi) is 6.42. The summed E-state index contributed by atoms with van der Waals surface area (Å²) in [5.41, 5.74) is 1.34. The van der Waals surface area contributed by atoms with Gasteiger partial charge in [-0.05, 0) is 47.7 Å². The lowest BCUT2D eigenvalue weighted by Gasteiger charge is -2.19. The van der Waals surface area contributed by atoms with Crippen LogP contribution in [0.3, 0.4) is 0 Å². The van der Waals surface area contributed by atoms with Crippen LogP contribution in [-0.2, 0) is 4.74 Å². The Morgan fingerprint density at radius 3 is 2.78 bits per heavy atom. The molecule has 27 heavy (non-hydrogen) atoms. The highest BCUT2D eigenvalue weighted by atomic mass is 79.9. The van der Waals surface area contributed by atoms with Gasteiger partial charge < -0.3 is 14.8 Å². The number of hydrogen-bond donors (Lipinski definition) is 1. The molecule has 0 aliphatic heterocycles. The van der Waals surface area contributed by atoms with Crippen molar-refractivity contribution in [3.63, 3.8) is 0 Å². The first-order chi connectivity index (χ1) is 13.1. The highest BCUT2D eigenvalue weighted by molar-refractivity contribution is 9.10. The lowest BCUT2D eigenvalue weighted by molar-refractivity contribution is 0.0919. The molecule has 3 aromatic rings. The van der Waals surface area contributed by atoms with E-state index in [0.717, 1.165) is 26.6 Å². The van der Waals surface area contributed by atoms with Gasteiger partial charge in [0.15, 0.2) is 0 Å². The largest absolute Gasteiger partial charge is 0.497 e. The van der Waals surface area contributed by atoms with Gasteiger partial charge in [0.1, 0.15) is 11.4 Å². The number of benzene rings is 2. The van der Waals surface area contributed by atoms with Gasteiger partial charge in [0, 0.05) is 29.8 Å². The maximum atomic E-state index is 12.8. The number of carbonyl (C=O) groups excluding carboxylic acids is 1. The Morgan fingerprint density at radius 2 is 2.00 bits per heavy atom. The molecule has 0 spiro atoms. The third kappa shape index (κ3) is 4.84. The second kappa shape index (κ2) is 8.97. The smallest absolute Gasteiger partial charge is 0.270 e. The second-order valence-corrected chi connectivity index (χ2v) is 7.06. The van der Waals surface area contributed by atoms with Crippen LogP contribution in [-0.4, -0.2) is 31.7 Å². The lowest BCUT2D eigenvalue weighted by atomic mass is 10.0. The van der Waals surface area contributed by atoms with Gasteiger partial charge in [0.25, 0.3) is 5.91 Å². The summed E-state index contributed by atoms with van der Waals surface area (Å²) in [6.07, 6.45) is 2.36. The van der Waals surface area contributed by atoms with E-state index in [4.69, 9.17) is 9.47 Å². The molecule has 3 rings (SSSR count). The first-order valence-electron chi connectivity index (χ1n) is 8.60. The van der Waals surface area contributed by atoms with Crippen LogP contribution in [0.1, 0.15) is 28.5 Å². The van der Waals surface area contributed by atoms with Crippen molar-refractivity contribution >= 4 is 32.6 Å². The summed E-state index contributed by atoms with van der Waals surface area (Å²) >= 11 is 3.46. The molecule has 0 saturated heterocycles. The molecule has 0 aliphatic carbocycles. The third-order valence-corrected chi connectivity index (χ3v) is 4.82. The molecule has 1 unspecified atom stereocenters. The van der Waals surface area contributed by atoms with Gasteiger partial charge in [-0.15, -0.1) is 0 Å². The first-order valence-corrected chi connectivity index (χ1v) is 9.39. The number of fused-ring (bicyclic) bond motifs is 1. The Bertz CT molecular complexity index is 946. The number of pyridine rings is 1. The summed E-state index contributed by atoms with van der Waals surface area (Å²) in [5, 5.41) is 5.01. The number of methoxy groups -OCH3 is 2. The number of hydrogen-bond acceptors (Lipinski definition) is 4. The highest BCUT2D eigenvalue weighted by Crippen LogP contribution is 2.23. The molecule has 1 N–H and O–H groups in total. The average Bonchev–Trinajstić information content (AvgIpc) is 2.70. The van der Waals surface area contributed by atoms with Crippen LogP contribution < -0.4 is 10.1 Å². The van der Waals surface area contributed by atoms with Crippen molar-refractivity contribution in [3.8, 4) is 5.75 Å². The van der Waals surface area contributed by atoms with Crippen LogP contribution in [0.4, 0.5) is 0 Å². The molecule has 5 nitrogen and oxygen atoms in total. The quantitative estimate of drug-likeness (QED) is 0.600. The molecule has 140 valence electrons. The predicted molar refractivity (Wildman–Crippen MR) is 109 cm³/mol. The minimum atomic E-state index is -0.221. The first kappa shape index (κ1) is 19.3. The summed E-state index contributed by atoms with van der Waals surface area (Å²) < 4.78 is 11.5. The SMILES string of the molecule is COCCC(NC(=O)c1cc2cc(Br)ccc2cn1)c1cccc(OC)c1. The van der Waals surface area contributed by atoms with Crippen LogP contribution in [0.25, 0.3) is 10.8 Å². The van der Waals surface area contributed by atoms with E-state index in [-0.39, 0.29) is 11.9 Å². The van der Waals surface area contributed by atoms with Crippen molar-refractivity contribution in [3.05, 3.63) is 70.5 Å². The Hall–Kier alpha value is -2.44. The van der Waals surface area contributed by atoms with Gasteiger partial charge in [-0.3, -0.25) is 9.78 Å². The normalized spacial score (nSPS) is 12.0. The Balaban J connectivity index is 1.85. The van der Waals surface area contributed by atoms with Crippen LogP contribution in [0.5, 0.6) is 5.75 Å². The standard InChI is InChI=1S/C21H21BrN2O3/c1-26-9-8-19(14-4-3-5-18(11-14)27-2)24-21(25)20-12-16-10-17(22)7-6-15(16)13-23-20/h3-7,10-13,19H,8-9H2,1-2H3,(H,24,25). The van der Waals surface area contributed by atoms with E-state index in [9.17, 15) is 4.79 Å². The van der Waals surface area contributed by atoms with E-state index >= 15 is 0 Å². The van der Waals surface area contributed by atoms with Gasteiger partial charge in [-0.1, -0.05) is 34.1 Å². The van der Waals surface area contributed by atoms with Gasteiger partial charge in [-0.2, -0.15) is 0 Å². The molecule has 6 heteroatoms. The summed E-state index contributed by atoms with van der Waals surface area (Å²) in [7, 11) is 3.27. The van der Waals surface area contributed by atoms with E-state index in [0.29, 0.717) is 18.7 Å². The number of amides is 1. The minimum Gasteiger partial charge on any atom is -0.497 e. The second-order valence-electron chi connectivity index (χ2n) is 6.15. The molecule has 0 fully saturated rings. The van der Waals surface area contributed by atoms with Crippen molar-refractivity contribution in [2.24, 2.45) is 0 Å². The minimum absolute atomic E-state index is 0.201. The van der Waals surface area contributed by atoms with Crippen LogP contribution in [0.2, 0.25) is 0 Å². The lowest BCUT2D eigenvalue weighted by Crippen LogP contribution is -2.30. The van der Waals surface area contributed by atoms with Gasteiger partial charge in [0.05, 0.1) is 13.2 Å². The summed E-state index contributed by atoms with van der Waals surface area (Å²) in [5.74, 6) is 0.527. The number of ether oxygens (including phenoxy) is 2. The van der Waals surface area contributed by atoms with Gasteiger partial charge in [0.2, 0.25) is 0 Å². The molecule has 1 aromatic heterocycles. The van der Waals surface area contributed by atoms with E-state index in [1.165, 1.54) is 0 Å². The zero-order chi connectivity index (χ0) is 19.2. The maximum Gasteiger partial charge on any atom is 0.270 e. The summed E-state index contributed by atoms with van der Waals surface area (Å²) in [4.78, 5) is 17.1. The zero-order valence-electron chi connectivity index (χ0n) is 15.2. The van der Waals surface area contributed by atoms with Crippen molar-refractivity contribution in [2.45, 2.75) is 12.5 Å². The molecule has 1 atom stereocenters. The molecule has 1 heterocycles. The van der Waals surface area contributed by atoms with Crippen LogP contribution in [0, 0.1) is 0 Å². The topological polar surface area (TPSA) is 60.5 Å². The predicted octanol–water partition coefficient (Wildman–Crippen LogP) is 4.51. The molecule has 0 radical (unpaired) electrons. The molecular weight excluding hydrogens is 408 g/mol. The maximum absolute atomic E-state index is 12.8. The summed E-state index contributed by atoms with van der Waals surface area (Å²) in [6.45, 7) is 0.528. The third-order valence-electron chi connectivity index (χ3n) is 4.33. The summed E-state index contributed by atoms with van der Waals surface area (Å²) in [6, 6.07) is 15.2. The number of rotatable bonds is 7. The monoisotopic (exact) mass is 428 g/mol. The van der Waals surface area contributed by atoms with Crippen LogP contribution >= 0.6 is 15.9 Å². The van der Waals surface area contributed by atoms with Gasteiger partial charge >= 0.3 is 0 Å². The highest BCUT2D eigenvalue weighted by Gasteiger charge is 2.17. The Morgan fingerprint density at radius 1 is 1.15 bits per heavy atom. The van der Waals surface area contributed by atoms with E-state index in [2.05, 4.69) is 26.2 Å². The van der Waals surface area contributed by atoms with Crippen molar-refractivity contribution in [2.75, 3.05) is 20.8 Å². The Labute approximate surface area is 166 Å². The number of aromatic nitrogens is 1. The van der Waals surface area contributed by atoms with E-state index < -0.39 is 0 Å². The molecule has 0 aliphatic rings. The number of carbonyl (C=O) groups is 1. The average molecular weight is 429 g/mol. The van der Waals surface area contributed by atoms with Crippen molar-refractivity contribution in [1.82, 2.24) is 10.3 Å². The van der Waals surface area contributed by atoms with Crippen molar-refractivity contribution in [1.29, 1.82) is 0 Å². The van der Waals surface area contributed by atoms with E-state index in [1.54, 1.807) is 26.5 Å². The fraction of sp³-hybridized carbons (Fsp3) is 0.238. The van der Waals surface area contributed by atoms with Crippen LogP contribution in [0.15, 0.2) is 59.2 Å². The zero-order valence-corrected chi connectivity index (χ0v) is 16.8. The van der Waals surface area contributed by atoms with Gasteiger partial charge in [-0.25, -0.2) is 0 Å². The number of nitrogens with zero attached hydrogens (tertiary/aromatic N) is 1. The van der Waals surface area contributed by atoms with Crippen molar-refractivity contribution < 1.29 is 14.3 Å². The molecular formula is C21H21BrN2O3. The molecule has 2 aromatic carbocycles.